The highest BCUT2D eigenvalue weighted by Gasteiger charge is 2.16. The zero-order valence-electron chi connectivity index (χ0n) is 11.3. The predicted molar refractivity (Wildman–Crippen MR) is 76.3 cm³/mol. The van der Waals surface area contributed by atoms with Gasteiger partial charge in [-0.3, -0.25) is 0 Å². The molecule has 0 aliphatic carbocycles. The first-order valence-electron chi connectivity index (χ1n) is 6.25. The van der Waals surface area contributed by atoms with Crippen molar-refractivity contribution in [2.24, 2.45) is 0 Å². The number of ether oxygens (including phenoxy) is 1. The Bertz CT molecular complexity index is 827. The van der Waals surface area contributed by atoms with E-state index in [-0.39, 0.29) is 6.01 Å². The van der Waals surface area contributed by atoms with E-state index in [0.717, 1.165) is 0 Å². The molecule has 0 spiro atoms. The van der Waals surface area contributed by atoms with Gasteiger partial charge < -0.3 is 4.74 Å². The number of hydrogen-bond acceptors (Lipinski definition) is 5. The van der Waals surface area contributed by atoms with Crippen LogP contribution in [0.25, 0.3) is 10.9 Å². The second-order valence-corrected chi connectivity index (χ2v) is 4.84. The lowest BCUT2D eigenvalue weighted by Gasteiger charge is -2.10. The predicted octanol–water partition coefficient (Wildman–Crippen LogP) is 4.11. The Morgan fingerprint density at radius 3 is 2.55 bits per heavy atom. The molecule has 0 saturated carbocycles. The van der Waals surface area contributed by atoms with E-state index in [2.05, 4.69) is 19.9 Å². The number of rotatable bonds is 3. The second kappa shape index (κ2) is 5.76. The van der Waals surface area contributed by atoms with Crippen molar-refractivity contribution < 1.29 is 13.5 Å². The van der Waals surface area contributed by atoms with Gasteiger partial charge in [0.2, 0.25) is 0 Å². The van der Waals surface area contributed by atoms with Gasteiger partial charge in [0.15, 0.2) is 5.82 Å². The standard InChI is InChI=1S/C14H9ClF2N4O/c1-7-11-9(21-13(20-7)12(16)17)3-2-4-10(11)22-14-18-5-8(15)6-19-14/h2-6,12H,1H3. The lowest BCUT2D eigenvalue weighted by Crippen LogP contribution is -2.00. The lowest BCUT2D eigenvalue weighted by atomic mass is 10.1. The first-order chi connectivity index (χ1) is 10.5. The molecule has 3 rings (SSSR count). The largest absolute Gasteiger partial charge is 0.424 e. The van der Waals surface area contributed by atoms with Gasteiger partial charge in [0.05, 0.1) is 34.0 Å². The molecule has 8 heteroatoms. The molecule has 5 nitrogen and oxygen atoms in total. The van der Waals surface area contributed by atoms with Crippen molar-refractivity contribution >= 4 is 22.5 Å². The van der Waals surface area contributed by atoms with E-state index in [1.165, 1.54) is 12.4 Å². The van der Waals surface area contributed by atoms with Gasteiger partial charge in [-0.05, 0) is 19.1 Å². The van der Waals surface area contributed by atoms with Crippen LogP contribution < -0.4 is 4.74 Å². The van der Waals surface area contributed by atoms with E-state index in [4.69, 9.17) is 16.3 Å². The van der Waals surface area contributed by atoms with Gasteiger partial charge in [0, 0.05) is 0 Å². The maximum Gasteiger partial charge on any atom is 0.321 e. The molecular weight excluding hydrogens is 314 g/mol. The number of aromatic nitrogens is 4. The van der Waals surface area contributed by atoms with Crippen molar-refractivity contribution in [1.82, 2.24) is 19.9 Å². The maximum absolute atomic E-state index is 12.8. The molecular formula is C14H9ClF2N4O. The third-order valence-corrected chi connectivity index (χ3v) is 3.07. The summed E-state index contributed by atoms with van der Waals surface area (Å²) in [6.45, 7) is 1.62. The third-order valence-electron chi connectivity index (χ3n) is 2.88. The summed E-state index contributed by atoms with van der Waals surface area (Å²) >= 11 is 5.71. The van der Waals surface area contributed by atoms with Crippen molar-refractivity contribution in [2.75, 3.05) is 0 Å². The third kappa shape index (κ3) is 2.80. The highest BCUT2D eigenvalue weighted by atomic mass is 35.5. The molecule has 0 fully saturated rings. The van der Waals surface area contributed by atoms with Crippen molar-refractivity contribution in [3.8, 4) is 11.8 Å². The summed E-state index contributed by atoms with van der Waals surface area (Å²) in [5.74, 6) is -0.122. The molecule has 0 radical (unpaired) electrons. The first-order valence-corrected chi connectivity index (χ1v) is 6.63. The van der Waals surface area contributed by atoms with Crippen molar-refractivity contribution in [1.29, 1.82) is 0 Å². The van der Waals surface area contributed by atoms with Gasteiger partial charge in [-0.15, -0.1) is 0 Å². The minimum atomic E-state index is -2.73. The molecule has 1 aromatic carbocycles. The molecule has 3 aromatic rings. The fraction of sp³-hybridized carbons (Fsp3) is 0.143. The smallest absolute Gasteiger partial charge is 0.321 e. The Kier molecular flexibility index (Phi) is 3.81. The highest BCUT2D eigenvalue weighted by Crippen LogP contribution is 2.30. The molecule has 0 amide bonds. The van der Waals surface area contributed by atoms with Crippen LogP contribution in [0, 0.1) is 6.92 Å². The van der Waals surface area contributed by atoms with Crippen molar-refractivity contribution in [2.45, 2.75) is 13.3 Å². The number of nitrogens with zero attached hydrogens (tertiary/aromatic N) is 4. The molecule has 0 N–H and O–H groups in total. The van der Waals surface area contributed by atoms with E-state index >= 15 is 0 Å². The molecule has 0 bridgehead atoms. The first kappa shape index (κ1) is 14.5. The zero-order chi connectivity index (χ0) is 15.7. The minimum absolute atomic E-state index is 0.0919. The maximum atomic E-state index is 12.8. The van der Waals surface area contributed by atoms with Gasteiger partial charge in [-0.1, -0.05) is 17.7 Å². The molecule has 112 valence electrons. The van der Waals surface area contributed by atoms with Crippen LogP contribution >= 0.6 is 11.6 Å². The Morgan fingerprint density at radius 2 is 1.86 bits per heavy atom. The molecule has 0 atom stereocenters. The molecule has 2 heterocycles. The van der Waals surface area contributed by atoms with E-state index < -0.39 is 12.2 Å². The lowest BCUT2D eigenvalue weighted by molar-refractivity contribution is 0.140. The van der Waals surface area contributed by atoms with Gasteiger partial charge in [0.25, 0.3) is 6.43 Å². The monoisotopic (exact) mass is 322 g/mol. The highest BCUT2D eigenvalue weighted by molar-refractivity contribution is 6.30. The van der Waals surface area contributed by atoms with Crippen molar-refractivity contribution in [3.63, 3.8) is 0 Å². The summed E-state index contributed by atoms with van der Waals surface area (Å²) in [4.78, 5) is 15.5. The zero-order valence-corrected chi connectivity index (χ0v) is 12.1. The number of alkyl halides is 2. The van der Waals surface area contributed by atoms with Crippen LogP contribution in [0.1, 0.15) is 17.9 Å². The average molecular weight is 323 g/mol. The van der Waals surface area contributed by atoms with E-state index in [0.29, 0.717) is 27.4 Å². The van der Waals surface area contributed by atoms with Crippen LogP contribution in [0.3, 0.4) is 0 Å². The van der Waals surface area contributed by atoms with Gasteiger partial charge in [-0.2, -0.15) is 0 Å². The average Bonchev–Trinajstić information content (AvgIpc) is 2.49. The molecule has 0 unspecified atom stereocenters. The molecule has 2 aromatic heterocycles. The van der Waals surface area contributed by atoms with E-state index in [9.17, 15) is 8.78 Å². The molecule has 0 saturated heterocycles. The van der Waals surface area contributed by atoms with Crippen molar-refractivity contribution in [3.05, 3.63) is 47.1 Å². The molecule has 0 aliphatic heterocycles. The summed E-state index contributed by atoms with van der Waals surface area (Å²) < 4.78 is 31.1. The summed E-state index contributed by atoms with van der Waals surface area (Å²) in [5, 5.41) is 0.914. The Morgan fingerprint density at radius 1 is 1.14 bits per heavy atom. The van der Waals surface area contributed by atoms with Gasteiger partial charge in [0.1, 0.15) is 5.75 Å². The van der Waals surface area contributed by atoms with Gasteiger partial charge >= 0.3 is 6.01 Å². The van der Waals surface area contributed by atoms with E-state index in [1.54, 1.807) is 25.1 Å². The number of hydrogen-bond donors (Lipinski definition) is 0. The molecule has 22 heavy (non-hydrogen) atoms. The van der Waals surface area contributed by atoms with Crippen LogP contribution in [0.15, 0.2) is 30.6 Å². The summed E-state index contributed by atoms with van der Waals surface area (Å²) in [5.41, 5.74) is 0.763. The normalized spacial score (nSPS) is 11.1. The fourth-order valence-electron chi connectivity index (χ4n) is 1.99. The minimum Gasteiger partial charge on any atom is -0.424 e. The van der Waals surface area contributed by atoms with E-state index in [1.807, 2.05) is 0 Å². The molecule has 0 aliphatic rings. The topological polar surface area (TPSA) is 60.8 Å². The van der Waals surface area contributed by atoms with Crippen LogP contribution in [0.2, 0.25) is 5.02 Å². The number of halogens is 3. The quantitative estimate of drug-likeness (QED) is 0.726. The van der Waals surface area contributed by atoms with Crippen LogP contribution in [0.4, 0.5) is 8.78 Å². The van der Waals surface area contributed by atoms with Crippen LogP contribution in [0.5, 0.6) is 11.8 Å². The van der Waals surface area contributed by atoms with Crippen LogP contribution in [-0.4, -0.2) is 19.9 Å². The SMILES string of the molecule is Cc1nc(C(F)F)nc2cccc(Oc3ncc(Cl)cn3)c12. The number of aryl methyl sites for hydroxylation is 1. The Balaban J connectivity index is 2.08. The van der Waals surface area contributed by atoms with Gasteiger partial charge in [-0.25, -0.2) is 28.7 Å². The fourth-order valence-corrected chi connectivity index (χ4v) is 2.08. The Labute approximate surface area is 129 Å². The second-order valence-electron chi connectivity index (χ2n) is 4.40. The summed E-state index contributed by atoms with van der Waals surface area (Å²) in [7, 11) is 0. The Hall–Kier alpha value is -2.41. The number of fused-ring (bicyclic) bond motifs is 1. The van der Waals surface area contributed by atoms with Crippen LogP contribution in [-0.2, 0) is 0 Å². The number of benzene rings is 1. The summed E-state index contributed by atoms with van der Waals surface area (Å²) in [6.07, 6.45) is 0.0628. The summed E-state index contributed by atoms with van der Waals surface area (Å²) in [6, 6.07) is 5.02.